The zero-order chi connectivity index (χ0) is 21.7. The number of ether oxygens (including phenoxy) is 2. The van der Waals surface area contributed by atoms with Crippen molar-refractivity contribution in [2.24, 2.45) is 0 Å². The van der Waals surface area contributed by atoms with Gasteiger partial charge in [-0.15, -0.1) is 0 Å². The molecule has 0 unspecified atom stereocenters. The van der Waals surface area contributed by atoms with Crippen molar-refractivity contribution in [3.05, 3.63) is 81.3 Å². The van der Waals surface area contributed by atoms with E-state index in [1.54, 1.807) is 13.0 Å². The van der Waals surface area contributed by atoms with Crippen LogP contribution in [-0.4, -0.2) is 24.3 Å². The minimum atomic E-state index is -0.386. The fourth-order valence-electron chi connectivity index (χ4n) is 3.34. The first-order valence-electron chi connectivity index (χ1n) is 9.83. The second kappa shape index (κ2) is 9.81. The molecule has 0 spiro atoms. The molecule has 0 amide bonds. The van der Waals surface area contributed by atoms with Gasteiger partial charge in [-0.25, -0.2) is 4.79 Å². The van der Waals surface area contributed by atoms with Gasteiger partial charge in [0.05, 0.1) is 6.61 Å². The number of aryl methyl sites for hydroxylation is 2. The number of phenols is 1. The molecule has 3 aromatic carbocycles. The highest BCUT2D eigenvalue weighted by Gasteiger charge is 2.12. The zero-order valence-electron chi connectivity index (χ0n) is 17.4. The number of esters is 1. The Morgan fingerprint density at radius 1 is 1.07 bits per heavy atom. The first kappa shape index (κ1) is 21.9. The minimum absolute atomic E-state index is 0.114. The van der Waals surface area contributed by atoms with Crippen molar-refractivity contribution in [1.82, 2.24) is 0 Å². The van der Waals surface area contributed by atoms with E-state index in [1.165, 1.54) is 0 Å². The molecule has 0 saturated heterocycles. The molecule has 156 valence electrons. The predicted octanol–water partition coefficient (Wildman–Crippen LogP) is 5.97. The standard InChI is InChI=1S/C25H25BrO4/c1-4-29-25(28)15-30-20-11-17(3)21(23(26)14-20)12-18-8-9-24(27)22(13-18)19-7-5-6-16(2)10-19/h5-11,13-14,27H,4,12,15H2,1-3H3. The Hall–Kier alpha value is -2.79. The largest absolute Gasteiger partial charge is 0.507 e. The number of halogens is 1. The molecule has 1 N–H and O–H groups in total. The Balaban J connectivity index is 1.82. The van der Waals surface area contributed by atoms with Gasteiger partial charge in [0.1, 0.15) is 11.5 Å². The summed E-state index contributed by atoms with van der Waals surface area (Å²) in [5, 5.41) is 10.4. The maximum Gasteiger partial charge on any atom is 0.344 e. The monoisotopic (exact) mass is 468 g/mol. The lowest BCUT2D eigenvalue weighted by atomic mass is 9.96. The summed E-state index contributed by atoms with van der Waals surface area (Å²) >= 11 is 3.64. The summed E-state index contributed by atoms with van der Waals surface area (Å²) in [6.07, 6.45) is 0.698. The SMILES string of the molecule is CCOC(=O)COc1cc(C)c(Cc2ccc(O)c(-c3cccc(C)c3)c2)c(Br)c1. The molecule has 0 atom stereocenters. The van der Waals surface area contributed by atoms with Crippen molar-refractivity contribution in [2.45, 2.75) is 27.2 Å². The molecule has 30 heavy (non-hydrogen) atoms. The highest BCUT2D eigenvalue weighted by molar-refractivity contribution is 9.10. The Labute approximate surface area is 185 Å². The number of carbonyl (C=O) groups excluding carboxylic acids is 1. The van der Waals surface area contributed by atoms with Gasteiger partial charge in [0.25, 0.3) is 0 Å². The third kappa shape index (κ3) is 5.42. The molecule has 0 bridgehead atoms. The van der Waals surface area contributed by atoms with Crippen LogP contribution in [0.4, 0.5) is 0 Å². The fourth-order valence-corrected chi connectivity index (χ4v) is 4.01. The van der Waals surface area contributed by atoms with E-state index < -0.39 is 0 Å². The van der Waals surface area contributed by atoms with Crippen molar-refractivity contribution in [3.63, 3.8) is 0 Å². The maximum atomic E-state index is 11.5. The number of carbonyl (C=O) groups is 1. The lowest BCUT2D eigenvalue weighted by Crippen LogP contribution is -2.14. The van der Waals surface area contributed by atoms with Crippen molar-refractivity contribution in [3.8, 4) is 22.6 Å². The van der Waals surface area contributed by atoms with Gasteiger partial charge in [-0.2, -0.15) is 0 Å². The summed E-state index contributed by atoms with van der Waals surface area (Å²) < 4.78 is 11.4. The summed E-state index contributed by atoms with van der Waals surface area (Å²) in [5.74, 6) is 0.494. The Bertz CT molecular complexity index is 1040. The quantitative estimate of drug-likeness (QED) is 0.433. The molecule has 4 nitrogen and oxygen atoms in total. The molecule has 0 aliphatic rings. The van der Waals surface area contributed by atoms with Gasteiger partial charge >= 0.3 is 5.97 Å². The molecule has 0 saturated carbocycles. The van der Waals surface area contributed by atoms with Crippen LogP contribution in [0.3, 0.4) is 0 Å². The number of hydrogen-bond donors (Lipinski definition) is 1. The molecule has 5 heteroatoms. The minimum Gasteiger partial charge on any atom is -0.507 e. The predicted molar refractivity (Wildman–Crippen MR) is 122 cm³/mol. The van der Waals surface area contributed by atoms with Crippen molar-refractivity contribution >= 4 is 21.9 Å². The van der Waals surface area contributed by atoms with Gasteiger partial charge < -0.3 is 14.6 Å². The summed E-state index contributed by atoms with van der Waals surface area (Å²) in [5.41, 5.74) is 6.22. The van der Waals surface area contributed by atoms with Crippen molar-refractivity contribution in [1.29, 1.82) is 0 Å². The molecular formula is C25H25BrO4. The van der Waals surface area contributed by atoms with Crippen LogP contribution in [0.5, 0.6) is 11.5 Å². The van der Waals surface area contributed by atoms with Crippen LogP contribution >= 0.6 is 15.9 Å². The third-order valence-corrected chi connectivity index (χ3v) is 5.53. The van der Waals surface area contributed by atoms with Gasteiger partial charge in [0.2, 0.25) is 0 Å². The maximum absolute atomic E-state index is 11.5. The van der Waals surface area contributed by atoms with Crippen molar-refractivity contribution in [2.75, 3.05) is 13.2 Å². The highest BCUT2D eigenvalue weighted by Crippen LogP contribution is 2.33. The Morgan fingerprint density at radius 2 is 1.87 bits per heavy atom. The summed E-state index contributed by atoms with van der Waals surface area (Å²) in [7, 11) is 0. The number of benzene rings is 3. The summed E-state index contributed by atoms with van der Waals surface area (Å²) in [6, 6.07) is 17.6. The number of phenolic OH excluding ortho intramolecular Hbond substituents is 1. The normalized spacial score (nSPS) is 10.7. The van der Waals surface area contributed by atoms with Crippen LogP contribution in [0.2, 0.25) is 0 Å². The molecule has 0 aromatic heterocycles. The first-order chi connectivity index (χ1) is 14.4. The van der Waals surface area contributed by atoms with Crippen LogP contribution < -0.4 is 4.74 Å². The summed E-state index contributed by atoms with van der Waals surface area (Å²) in [6.45, 7) is 6.04. The average molecular weight is 469 g/mol. The lowest BCUT2D eigenvalue weighted by molar-refractivity contribution is -0.145. The number of hydrogen-bond acceptors (Lipinski definition) is 4. The second-order valence-corrected chi connectivity index (χ2v) is 8.05. The van der Waals surface area contributed by atoms with Gasteiger partial charge in [0.15, 0.2) is 6.61 Å². The highest BCUT2D eigenvalue weighted by atomic mass is 79.9. The van der Waals surface area contributed by atoms with Gasteiger partial charge in [-0.3, -0.25) is 0 Å². The molecule has 0 aliphatic carbocycles. The molecule has 0 heterocycles. The zero-order valence-corrected chi connectivity index (χ0v) is 19.0. The van der Waals surface area contributed by atoms with Crippen LogP contribution in [0.15, 0.2) is 59.1 Å². The molecule has 3 rings (SSSR count). The van der Waals surface area contributed by atoms with E-state index in [0.717, 1.165) is 37.9 Å². The second-order valence-electron chi connectivity index (χ2n) is 7.19. The van der Waals surface area contributed by atoms with E-state index in [9.17, 15) is 9.90 Å². The third-order valence-electron chi connectivity index (χ3n) is 4.83. The van der Waals surface area contributed by atoms with E-state index in [2.05, 4.69) is 22.0 Å². The van der Waals surface area contributed by atoms with Crippen LogP contribution in [0.25, 0.3) is 11.1 Å². The van der Waals surface area contributed by atoms with E-state index >= 15 is 0 Å². The Morgan fingerprint density at radius 3 is 2.57 bits per heavy atom. The van der Waals surface area contributed by atoms with E-state index in [0.29, 0.717) is 18.8 Å². The average Bonchev–Trinajstić information content (AvgIpc) is 2.70. The van der Waals surface area contributed by atoms with Gasteiger partial charge in [-0.05, 0) is 73.7 Å². The molecule has 0 aliphatic heterocycles. The van der Waals surface area contributed by atoms with Crippen LogP contribution in [-0.2, 0) is 16.0 Å². The van der Waals surface area contributed by atoms with Gasteiger partial charge in [-0.1, -0.05) is 51.8 Å². The molecule has 0 fully saturated rings. The van der Waals surface area contributed by atoms with E-state index in [1.807, 2.05) is 56.3 Å². The van der Waals surface area contributed by atoms with E-state index in [-0.39, 0.29) is 18.3 Å². The first-order valence-corrected chi connectivity index (χ1v) is 10.6. The number of rotatable bonds is 7. The van der Waals surface area contributed by atoms with Crippen LogP contribution in [0.1, 0.15) is 29.2 Å². The molecule has 3 aromatic rings. The Kier molecular flexibility index (Phi) is 7.16. The molecular weight excluding hydrogens is 444 g/mol. The molecule has 0 radical (unpaired) electrons. The fraction of sp³-hybridized carbons (Fsp3) is 0.240. The lowest BCUT2D eigenvalue weighted by Gasteiger charge is -2.14. The smallest absolute Gasteiger partial charge is 0.344 e. The number of aromatic hydroxyl groups is 1. The summed E-state index contributed by atoms with van der Waals surface area (Å²) in [4.78, 5) is 11.5. The van der Waals surface area contributed by atoms with Gasteiger partial charge in [0, 0.05) is 10.0 Å². The topological polar surface area (TPSA) is 55.8 Å². The van der Waals surface area contributed by atoms with E-state index in [4.69, 9.17) is 9.47 Å². The van der Waals surface area contributed by atoms with Crippen molar-refractivity contribution < 1.29 is 19.4 Å². The van der Waals surface area contributed by atoms with Crippen LogP contribution in [0, 0.1) is 13.8 Å².